The van der Waals surface area contributed by atoms with E-state index in [1.54, 1.807) is 0 Å². The Morgan fingerprint density at radius 3 is 2.50 bits per heavy atom. The van der Waals surface area contributed by atoms with Crippen LogP contribution in [0.25, 0.3) is 0 Å². The van der Waals surface area contributed by atoms with Crippen molar-refractivity contribution < 1.29 is 5.11 Å². The Kier molecular flexibility index (Phi) is 5.90. The van der Waals surface area contributed by atoms with Gasteiger partial charge in [-0.15, -0.1) is 0 Å². The predicted molar refractivity (Wildman–Crippen MR) is 63.8 cm³/mol. The summed E-state index contributed by atoms with van der Waals surface area (Å²) >= 11 is 2.04. The molecule has 1 heterocycles. The number of rotatable bonds is 5. The fourth-order valence-corrected chi connectivity index (χ4v) is 3.07. The molecule has 1 fully saturated rings. The van der Waals surface area contributed by atoms with E-state index in [9.17, 15) is 5.11 Å². The Hall–Kier alpha value is 0.270. The average Bonchev–Trinajstić information content (AvgIpc) is 2.17. The third-order valence-corrected chi connectivity index (χ3v) is 3.72. The molecular weight excluding hydrogens is 194 g/mol. The number of nitrogens with one attached hydrogen (secondary N) is 1. The lowest BCUT2D eigenvalue weighted by Gasteiger charge is -2.28. The van der Waals surface area contributed by atoms with Gasteiger partial charge in [0.1, 0.15) is 0 Å². The first-order valence-electron chi connectivity index (χ1n) is 5.67. The van der Waals surface area contributed by atoms with Crippen molar-refractivity contribution in [1.29, 1.82) is 0 Å². The van der Waals surface area contributed by atoms with Gasteiger partial charge in [-0.25, -0.2) is 0 Å². The van der Waals surface area contributed by atoms with Gasteiger partial charge in [-0.1, -0.05) is 13.8 Å². The summed E-state index contributed by atoms with van der Waals surface area (Å²) in [5, 5.41) is 12.8. The highest BCUT2D eigenvalue weighted by molar-refractivity contribution is 7.99. The van der Waals surface area contributed by atoms with Gasteiger partial charge in [0.25, 0.3) is 0 Å². The third kappa shape index (κ3) is 4.67. The van der Waals surface area contributed by atoms with E-state index in [0.717, 1.165) is 6.42 Å². The monoisotopic (exact) mass is 217 g/mol. The highest BCUT2D eigenvalue weighted by Gasteiger charge is 2.18. The topological polar surface area (TPSA) is 32.3 Å². The molecule has 0 aromatic heterocycles. The first-order chi connectivity index (χ1) is 6.72. The van der Waals surface area contributed by atoms with Crippen LogP contribution in [-0.2, 0) is 0 Å². The second kappa shape index (κ2) is 6.70. The molecular formula is C11H23NOS. The summed E-state index contributed by atoms with van der Waals surface area (Å²) in [5.74, 6) is 3.22. The number of hydrogen-bond donors (Lipinski definition) is 2. The summed E-state index contributed by atoms with van der Waals surface area (Å²) in [6, 6.07) is 0.954. The molecule has 1 saturated heterocycles. The molecule has 3 heteroatoms. The predicted octanol–water partition coefficient (Wildman–Crippen LogP) is 1.88. The molecule has 1 aliphatic heterocycles. The first-order valence-corrected chi connectivity index (χ1v) is 6.82. The van der Waals surface area contributed by atoms with Crippen molar-refractivity contribution in [3.05, 3.63) is 0 Å². The molecule has 0 unspecified atom stereocenters. The Labute approximate surface area is 91.9 Å². The molecule has 0 aromatic rings. The van der Waals surface area contributed by atoms with Gasteiger partial charge in [-0.3, -0.25) is 0 Å². The van der Waals surface area contributed by atoms with E-state index >= 15 is 0 Å². The third-order valence-electron chi connectivity index (χ3n) is 2.67. The smallest absolute Gasteiger partial charge is 0.0584 e. The molecule has 0 amide bonds. The van der Waals surface area contributed by atoms with Crippen LogP contribution in [0.3, 0.4) is 0 Å². The van der Waals surface area contributed by atoms with Crippen LogP contribution in [-0.4, -0.2) is 35.3 Å². The van der Waals surface area contributed by atoms with E-state index in [0.29, 0.717) is 18.0 Å². The van der Waals surface area contributed by atoms with Gasteiger partial charge in [0.15, 0.2) is 0 Å². The molecule has 84 valence electrons. The van der Waals surface area contributed by atoms with Crippen LogP contribution < -0.4 is 5.32 Å². The summed E-state index contributed by atoms with van der Waals surface area (Å²) in [6.45, 7) is 4.70. The number of hydrogen-bond acceptors (Lipinski definition) is 3. The van der Waals surface area contributed by atoms with E-state index < -0.39 is 0 Å². The molecule has 0 radical (unpaired) electrons. The van der Waals surface area contributed by atoms with Crippen LogP contribution in [0.15, 0.2) is 0 Å². The molecule has 0 spiro atoms. The van der Waals surface area contributed by atoms with Gasteiger partial charge in [0.05, 0.1) is 6.61 Å². The molecule has 1 atom stereocenters. The van der Waals surface area contributed by atoms with Crippen molar-refractivity contribution in [3.8, 4) is 0 Å². The van der Waals surface area contributed by atoms with Gasteiger partial charge in [-0.2, -0.15) is 11.8 Å². The Morgan fingerprint density at radius 2 is 2.00 bits per heavy atom. The van der Waals surface area contributed by atoms with E-state index in [1.165, 1.54) is 24.3 Å². The second-order valence-electron chi connectivity index (χ2n) is 4.56. The molecule has 1 aliphatic rings. The largest absolute Gasteiger partial charge is 0.395 e. The van der Waals surface area contributed by atoms with Gasteiger partial charge < -0.3 is 10.4 Å². The van der Waals surface area contributed by atoms with Crippen molar-refractivity contribution in [1.82, 2.24) is 5.32 Å². The zero-order valence-electron chi connectivity index (χ0n) is 9.33. The zero-order chi connectivity index (χ0) is 10.4. The number of thioether (sulfide) groups is 1. The van der Waals surface area contributed by atoms with Crippen LogP contribution >= 0.6 is 11.8 Å². The fourth-order valence-electron chi connectivity index (χ4n) is 1.96. The molecule has 0 bridgehead atoms. The van der Waals surface area contributed by atoms with Gasteiger partial charge in [-0.05, 0) is 36.7 Å². The quantitative estimate of drug-likeness (QED) is 0.737. The molecule has 2 nitrogen and oxygen atoms in total. The van der Waals surface area contributed by atoms with E-state index in [-0.39, 0.29) is 6.61 Å². The second-order valence-corrected chi connectivity index (χ2v) is 5.79. The highest BCUT2D eigenvalue weighted by Crippen LogP contribution is 2.18. The van der Waals surface area contributed by atoms with Crippen LogP contribution in [0, 0.1) is 5.92 Å². The maximum atomic E-state index is 9.24. The van der Waals surface area contributed by atoms with E-state index in [2.05, 4.69) is 19.2 Å². The molecule has 14 heavy (non-hydrogen) atoms. The Balaban J connectivity index is 2.23. The average molecular weight is 217 g/mol. The lowest BCUT2D eigenvalue weighted by atomic mass is 10.0. The zero-order valence-corrected chi connectivity index (χ0v) is 10.1. The SMILES string of the molecule is CC(C)C[C@@H](CO)NC1CCSCC1. The van der Waals surface area contributed by atoms with Crippen molar-refractivity contribution in [2.24, 2.45) is 5.92 Å². The highest BCUT2D eigenvalue weighted by atomic mass is 32.2. The molecule has 0 aliphatic carbocycles. The van der Waals surface area contributed by atoms with Crippen LogP contribution in [0.1, 0.15) is 33.1 Å². The van der Waals surface area contributed by atoms with Crippen molar-refractivity contribution in [2.45, 2.75) is 45.2 Å². The van der Waals surface area contributed by atoms with Crippen molar-refractivity contribution in [2.75, 3.05) is 18.1 Å². The summed E-state index contributed by atoms with van der Waals surface area (Å²) in [4.78, 5) is 0. The molecule has 2 N–H and O–H groups in total. The van der Waals surface area contributed by atoms with Crippen molar-refractivity contribution in [3.63, 3.8) is 0 Å². The van der Waals surface area contributed by atoms with Gasteiger partial charge >= 0.3 is 0 Å². The van der Waals surface area contributed by atoms with E-state index in [4.69, 9.17) is 0 Å². The van der Waals surface area contributed by atoms with Gasteiger partial charge in [0, 0.05) is 12.1 Å². The number of aliphatic hydroxyl groups excluding tert-OH is 1. The summed E-state index contributed by atoms with van der Waals surface area (Å²) in [7, 11) is 0. The minimum absolute atomic E-state index is 0.280. The normalized spacial score (nSPS) is 21.4. The number of aliphatic hydroxyl groups is 1. The Morgan fingerprint density at radius 1 is 1.36 bits per heavy atom. The minimum atomic E-state index is 0.280. The lowest BCUT2D eigenvalue weighted by Crippen LogP contribution is -2.43. The standard InChI is InChI=1S/C11H23NOS/c1-9(2)7-11(8-13)12-10-3-5-14-6-4-10/h9-13H,3-8H2,1-2H3/t11-/m0/s1. The maximum absolute atomic E-state index is 9.24. The summed E-state index contributed by atoms with van der Waals surface area (Å²) in [5.41, 5.74) is 0. The summed E-state index contributed by atoms with van der Waals surface area (Å²) in [6.07, 6.45) is 3.61. The molecule has 0 aromatic carbocycles. The maximum Gasteiger partial charge on any atom is 0.0584 e. The van der Waals surface area contributed by atoms with Crippen LogP contribution in [0.4, 0.5) is 0 Å². The minimum Gasteiger partial charge on any atom is -0.395 e. The molecule has 0 saturated carbocycles. The van der Waals surface area contributed by atoms with Gasteiger partial charge in [0.2, 0.25) is 0 Å². The van der Waals surface area contributed by atoms with E-state index in [1.807, 2.05) is 11.8 Å². The summed E-state index contributed by atoms with van der Waals surface area (Å²) < 4.78 is 0. The van der Waals surface area contributed by atoms with Crippen LogP contribution in [0.5, 0.6) is 0 Å². The fraction of sp³-hybridized carbons (Fsp3) is 1.00. The molecule has 1 rings (SSSR count). The lowest BCUT2D eigenvalue weighted by molar-refractivity contribution is 0.210. The van der Waals surface area contributed by atoms with Crippen molar-refractivity contribution >= 4 is 11.8 Å². The van der Waals surface area contributed by atoms with Crippen LogP contribution in [0.2, 0.25) is 0 Å². The first kappa shape index (κ1) is 12.3. The Bertz CT molecular complexity index is 146.